The SMILES string of the molecule is Cc1ccc(C#CCCO)cc1NS(=O)(=O)c1cn[nH]c1. The van der Waals surface area contributed by atoms with E-state index in [1.807, 2.05) is 0 Å². The van der Waals surface area contributed by atoms with E-state index in [4.69, 9.17) is 5.11 Å². The molecule has 0 radical (unpaired) electrons. The van der Waals surface area contributed by atoms with Crippen LogP contribution >= 0.6 is 0 Å². The first kappa shape index (κ1) is 15.1. The van der Waals surface area contributed by atoms with Gasteiger partial charge in [-0.2, -0.15) is 5.10 Å². The van der Waals surface area contributed by atoms with Crippen LogP contribution < -0.4 is 4.72 Å². The highest BCUT2D eigenvalue weighted by Gasteiger charge is 2.16. The minimum absolute atomic E-state index is 0.00115. The second-order valence-corrected chi connectivity index (χ2v) is 6.03. The molecule has 7 heteroatoms. The van der Waals surface area contributed by atoms with Gasteiger partial charge in [-0.25, -0.2) is 8.42 Å². The van der Waals surface area contributed by atoms with Crippen LogP contribution in [0.25, 0.3) is 0 Å². The summed E-state index contributed by atoms with van der Waals surface area (Å²) in [5.74, 6) is 5.67. The lowest BCUT2D eigenvalue weighted by atomic mass is 10.1. The topological polar surface area (TPSA) is 95.1 Å². The van der Waals surface area contributed by atoms with E-state index in [-0.39, 0.29) is 11.5 Å². The summed E-state index contributed by atoms with van der Waals surface area (Å²) in [5.41, 5.74) is 1.93. The highest BCUT2D eigenvalue weighted by Crippen LogP contribution is 2.20. The van der Waals surface area contributed by atoms with Crippen molar-refractivity contribution in [2.45, 2.75) is 18.2 Å². The number of benzene rings is 1. The molecule has 0 unspecified atom stereocenters. The lowest BCUT2D eigenvalue weighted by molar-refractivity contribution is 0.305. The van der Waals surface area contributed by atoms with Gasteiger partial charge in [0, 0.05) is 18.2 Å². The number of aromatic nitrogens is 2. The largest absolute Gasteiger partial charge is 0.395 e. The molecule has 2 rings (SSSR count). The quantitative estimate of drug-likeness (QED) is 0.741. The minimum Gasteiger partial charge on any atom is -0.395 e. The molecule has 0 atom stereocenters. The van der Waals surface area contributed by atoms with Gasteiger partial charge >= 0.3 is 0 Å². The van der Waals surface area contributed by atoms with Crippen molar-refractivity contribution in [3.8, 4) is 11.8 Å². The first-order valence-corrected chi connectivity index (χ1v) is 7.73. The Hall–Kier alpha value is -2.30. The van der Waals surface area contributed by atoms with Gasteiger partial charge in [0.05, 0.1) is 18.5 Å². The van der Waals surface area contributed by atoms with Crippen molar-refractivity contribution in [3.05, 3.63) is 41.7 Å². The molecule has 110 valence electrons. The summed E-state index contributed by atoms with van der Waals surface area (Å²) in [5, 5.41) is 14.8. The molecule has 0 aliphatic carbocycles. The Balaban J connectivity index is 2.28. The molecule has 0 saturated carbocycles. The maximum Gasteiger partial charge on any atom is 0.265 e. The predicted molar refractivity (Wildman–Crippen MR) is 79.2 cm³/mol. The van der Waals surface area contributed by atoms with E-state index in [9.17, 15) is 8.42 Å². The number of rotatable bonds is 4. The van der Waals surface area contributed by atoms with Crippen LogP contribution in [0.15, 0.2) is 35.5 Å². The van der Waals surface area contributed by atoms with Gasteiger partial charge in [0.2, 0.25) is 0 Å². The van der Waals surface area contributed by atoms with Crippen molar-refractivity contribution in [1.82, 2.24) is 10.2 Å². The van der Waals surface area contributed by atoms with Crippen molar-refractivity contribution >= 4 is 15.7 Å². The molecule has 0 spiro atoms. The number of hydrogen-bond donors (Lipinski definition) is 3. The Labute approximate surface area is 123 Å². The summed E-state index contributed by atoms with van der Waals surface area (Å²) >= 11 is 0. The summed E-state index contributed by atoms with van der Waals surface area (Å²) in [4.78, 5) is 0.0682. The second kappa shape index (κ2) is 6.43. The van der Waals surface area contributed by atoms with Gasteiger partial charge in [-0.1, -0.05) is 17.9 Å². The Bertz CT molecular complexity index is 772. The zero-order chi connectivity index (χ0) is 15.3. The van der Waals surface area contributed by atoms with Gasteiger partial charge in [-0.05, 0) is 24.6 Å². The van der Waals surface area contributed by atoms with Crippen molar-refractivity contribution in [1.29, 1.82) is 0 Å². The molecular formula is C14H15N3O3S. The Morgan fingerprint density at radius 1 is 1.43 bits per heavy atom. The molecule has 2 aromatic rings. The fourth-order valence-electron chi connectivity index (χ4n) is 1.62. The molecule has 0 aliphatic rings. The van der Waals surface area contributed by atoms with E-state index in [0.717, 1.165) is 5.56 Å². The molecule has 0 amide bonds. The molecule has 0 fully saturated rings. The third-order valence-corrected chi connectivity index (χ3v) is 4.07. The van der Waals surface area contributed by atoms with Crippen LogP contribution in [0, 0.1) is 18.8 Å². The van der Waals surface area contributed by atoms with E-state index < -0.39 is 10.0 Å². The number of aryl methyl sites for hydroxylation is 1. The Morgan fingerprint density at radius 2 is 2.24 bits per heavy atom. The van der Waals surface area contributed by atoms with Crippen LogP contribution in [-0.4, -0.2) is 30.3 Å². The smallest absolute Gasteiger partial charge is 0.265 e. The maximum absolute atomic E-state index is 12.1. The standard InChI is InChI=1S/C14H15N3O3S/c1-11-5-6-12(4-2-3-7-18)8-14(11)17-21(19,20)13-9-15-16-10-13/h5-6,8-10,17-18H,3,7H2,1H3,(H,15,16). The monoisotopic (exact) mass is 305 g/mol. The molecule has 21 heavy (non-hydrogen) atoms. The van der Waals surface area contributed by atoms with Gasteiger partial charge in [0.15, 0.2) is 0 Å². The predicted octanol–water partition coefficient (Wildman–Crippen LogP) is 1.25. The number of sulfonamides is 1. The van der Waals surface area contributed by atoms with Crippen molar-refractivity contribution in [2.75, 3.05) is 11.3 Å². The number of anilines is 1. The average Bonchev–Trinajstić information content (AvgIpc) is 2.97. The fraction of sp³-hybridized carbons (Fsp3) is 0.214. The number of aliphatic hydroxyl groups excluding tert-OH is 1. The molecule has 0 saturated heterocycles. The van der Waals surface area contributed by atoms with Gasteiger partial charge < -0.3 is 5.11 Å². The number of nitrogens with one attached hydrogen (secondary N) is 2. The average molecular weight is 305 g/mol. The zero-order valence-electron chi connectivity index (χ0n) is 11.4. The summed E-state index contributed by atoms with van der Waals surface area (Å²) in [6.07, 6.45) is 2.93. The molecule has 1 aromatic carbocycles. The van der Waals surface area contributed by atoms with Crippen LogP contribution in [-0.2, 0) is 10.0 Å². The Morgan fingerprint density at radius 3 is 2.90 bits per heavy atom. The van der Waals surface area contributed by atoms with Gasteiger partial charge in [-0.15, -0.1) is 0 Å². The molecule has 0 aliphatic heterocycles. The molecule has 6 nitrogen and oxygen atoms in total. The lowest BCUT2D eigenvalue weighted by Crippen LogP contribution is -2.13. The maximum atomic E-state index is 12.1. The van der Waals surface area contributed by atoms with Gasteiger partial charge in [0.25, 0.3) is 10.0 Å². The summed E-state index contributed by atoms with van der Waals surface area (Å²) in [6, 6.07) is 5.25. The summed E-state index contributed by atoms with van der Waals surface area (Å²) in [6.45, 7) is 1.80. The molecule has 0 bridgehead atoms. The normalized spacial score (nSPS) is 10.8. The Kier molecular flexibility index (Phi) is 4.62. The van der Waals surface area contributed by atoms with E-state index in [1.165, 1.54) is 12.4 Å². The number of hydrogen-bond acceptors (Lipinski definition) is 4. The summed E-state index contributed by atoms with van der Waals surface area (Å²) < 4.78 is 26.8. The van der Waals surface area contributed by atoms with E-state index in [0.29, 0.717) is 17.7 Å². The second-order valence-electron chi connectivity index (χ2n) is 4.34. The van der Waals surface area contributed by atoms with E-state index in [2.05, 4.69) is 26.8 Å². The number of aliphatic hydroxyl groups is 1. The van der Waals surface area contributed by atoms with Gasteiger partial charge in [-0.3, -0.25) is 9.82 Å². The molecule has 1 aromatic heterocycles. The van der Waals surface area contributed by atoms with Gasteiger partial charge in [0.1, 0.15) is 4.90 Å². The van der Waals surface area contributed by atoms with E-state index >= 15 is 0 Å². The van der Waals surface area contributed by atoms with Crippen LogP contribution in [0.3, 0.4) is 0 Å². The number of nitrogens with zero attached hydrogens (tertiary/aromatic N) is 1. The van der Waals surface area contributed by atoms with Crippen molar-refractivity contribution < 1.29 is 13.5 Å². The van der Waals surface area contributed by atoms with Crippen molar-refractivity contribution in [3.63, 3.8) is 0 Å². The summed E-state index contributed by atoms with van der Waals surface area (Å²) in [7, 11) is -3.67. The first-order valence-electron chi connectivity index (χ1n) is 6.25. The van der Waals surface area contributed by atoms with Crippen LogP contribution in [0.5, 0.6) is 0 Å². The zero-order valence-corrected chi connectivity index (χ0v) is 12.2. The highest BCUT2D eigenvalue weighted by atomic mass is 32.2. The van der Waals surface area contributed by atoms with Crippen LogP contribution in [0.4, 0.5) is 5.69 Å². The van der Waals surface area contributed by atoms with Crippen LogP contribution in [0.2, 0.25) is 0 Å². The minimum atomic E-state index is -3.67. The molecule has 1 heterocycles. The number of aromatic amines is 1. The van der Waals surface area contributed by atoms with E-state index in [1.54, 1.807) is 25.1 Å². The first-order chi connectivity index (χ1) is 10.0. The fourth-order valence-corrected chi connectivity index (χ4v) is 2.65. The van der Waals surface area contributed by atoms with Crippen LogP contribution in [0.1, 0.15) is 17.5 Å². The highest BCUT2D eigenvalue weighted by molar-refractivity contribution is 7.92. The third-order valence-electron chi connectivity index (χ3n) is 2.73. The third kappa shape index (κ3) is 3.84. The number of H-pyrrole nitrogens is 1. The van der Waals surface area contributed by atoms with Crippen molar-refractivity contribution in [2.24, 2.45) is 0 Å². The molecular weight excluding hydrogens is 290 g/mol. The molecule has 3 N–H and O–H groups in total. The lowest BCUT2D eigenvalue weighted by Gasteiger charge is -2.09.